The molecule has 3 rings (SSSR count). The molecular weight excluding hydrogens is 318 g/mol. The molecule has 6 nitrogen and oxygen atoms in total. The number of amides is 1. The summed E-state index contributed by atoms with van der Waals surface area (Å²) in [5.41, 5.74) is 1.68. The highest BCUT2D eigenvalue weighted by Gasteiger charge is 2.34. The second-order valence-corrected chi connectivity index (χ2v) is 7.04. The molecule has 0 spiro atoms. The van der Waals surface area contributed by atoms with E-state index >= 15 is 0 Å². The largest absolute Gasteiger partial charge is 0.497 e. The Labute approximate surface area is 148 Å². The van der Waals surface area contributed by atoms with Gasteiger partial charge in [0, 0.05) is 37.3 Å². The lowest BCUT2D eigenvalue weighted by molar-refractivity contribution is -0.122. The highest BCUT2D eigenvalue weighted by molar-refractivity contribution is 5.77. The fourth-order valence-electron chi connectivity index (χ4n) is 3.24. The molecule has 6 heteroatoms. The monoisotopic (exact) mass is 343 g/mol. The van der Waals surface area contributed by atoms with Crippen molar-refractivity contribution in [1.82, 2.24) is 15.1 Å². The van der Waals surface area contributed by atoms with Gasteiger partial charge in [-0.15, -0.1) is 0 Å². The van der Waals surface area contributed by atoms with Crippen LogP contribution in [0.2, 0.25) is 0 Å². The lowest BCUT2D eigenvalue weighted by Crippen LogP contribution is -2.41. The van der Waals surface area contributed by atoms with Gasteiger partial charge >= 0.3 is 0 Å². The highest BCUT2D eigenvalue weighted by Crippen LogP contribution is 2.41. The van der Waals surface area contributed by atoms with Crippen molar-refractivity contribution in [2.24, 2.45) is 7.05 Å². The molecule has 1 unspecified atom stereocenters. The van der Waals surface area contributed by atoms with Crippen LogP contribution in [0.3, 0.4) is 0 Å². The van der Waals surface area contributed by atoms with Crippen LogP contribution in [0, 0.1) is 0 Å². The molecule has 2 heterocycles. The van der Waals surface area contributed by atoms with Gasteiger partial charge in [-0.1, -0.05) is 0 Å². The second kappa shape index (κ2) is 6.78. The van der Waals surface area contributed by atoms with Crippen LogP contribution in [0.25, 0.3) is 0 Å². The highest BCUT2D eigenvalue weighted by atomic mass is 16.5. The van der Waals surface area contributed by atoms with E-state index < -0.39 is 0 Å². The maximum atomic E-state index is 12.5. The fourth-order valence-corrected chi connectivity index (χ4v) is 3.24. The molecule has 0 aliphatic carbocycles. The Morgan fingerprint density at radius 2 is 2.24 bits per heavy atom. The molecule has 0 radical (unpaired) electrons. The molecule has 1 amide bonds. The van der Waals surface area contributed by atoms with E-state index in [-0.39, 0.29) is 17.6 Å². The number of ether oxygens (including phenoxy) is 2. The summed E-state index contributed by atoms with van der Waals surface area (Å²) in [6.45, 7) is 4.07. The zero-order valence-corrected chi connectivity index (χ0v) is 15.2. The Morgan fingerprint density at radius 3 is 2.92 bits per heavy atom. The Morgan fingerprint density at radius 1 is 1.44 bits per heavy atom. The number of hydrogen-bond acceptors (Lipinski definition) is 4. The van der Waals surface area contributed by atoms with Crippen molar-refractivity contribution in [3.05, 3.63) is 41.7 Å². The van der Waals surface area contributed by atoms with Gasteiger partial charge in [-0.25, -0.2) is 0 Å². The normalized spacial score (nSPS) is 18.2. The van der Waals surface area contributed by atoms with E-state index in [1.165, 1.54) is 0 Å². The number of carbonyl (C=O) groups excluding carboxylic acids is 1. The van der Waals surface area contributed by atoms with Crippen LogP contribution >= 0.6 is 0 Å². The third kappa shape index (κ3) is 3.95. The first-order chi connectivity index (χ1) is 11.9. The number of aryl methyl sites for hydroxylation is 2. The lowest BCUT2D eigenvalue weighted by Gasteiger charge is -2.38. The number of hydrogen-bond donors (Lipinski definition) is 1. The Hall–Kier alpha value is -2.50. The van der Waals surface area contributed by atoms with E-state index in [1.807, 2.05) is 45.2 Å². The second-order valence-electron chi connectivity index (χ2n) is 7.04. The summed E-state index contributed by atoms with van der Waals surface area (Å²) in [5, 5.41) is 7.29. The van der Waals surface area contributed by atoms with Gasteiger partial charge < -0.3 is 14.8 Å². The maximum absolute atomic E-state index is 12.5. The molecule has 1 aromatic heterocycles. The third-order valence-electron chi connectivity index (χ3n) is 4.54. The maximum Gasteiger partial charge on any atom is 0.220 e. The van der Waals surface area contributed by atoms with Crippen molar-refractivity contribution < 1.29 is 14.3 Å². The van der Waals surface area contributed by atoms with E-state index in [0.29, 0.717) is 19.3 Å². The molecule has 0 saturated heterocycles. The first-order valence-electron chi connectivity index (χ1n) is 8.51. The van der Waals surface area contributed by atoms with Gasteiger partial charge in [-0.2, -0.15) is 5.10 Å². The van der Waals surface area contributed by atoms with Gasteiger partial charge in [-0.05, 0) is 44.5 Å². The van der Waals surface area contributed by atoms with Crippen LogP contribution in [0.15, 0.2) is 30.5 Å². The summed E-state index contributed by atoms with van der Waals surface area (Å²) in [6, 6.07) is 7.57. The standard InChI is InChI=1S/C19H25N3O3/c1-19(2)12-16(15-11-14(24-4)6-7-17(15)25-19)21-18(23)8-5-13-9-10-20-22(13)3/h6-7,9-11,16H,5,8,12H2,1-4H3,(H,21,23). The number of aromatic nitrogens is 2. The van der Waals surface area contributed by atoms with Crippen LogP contribution in [-0.4, -0.2) is 28.4 Å². The van der Waals surface area contributed by atoms with Gasteiger partial charge in [-0.3, -0.25) is 9.48 Å². The van der Waals surface area contributed by atoms with Crippen LogP contribution in [0.1, 0.15) is 44.0 Å². The van der Waals surface area contributed by atoms with E-state index in [2.05, 4.69) is 10.4 Å². The van der Waals surface area contributed by atoms with E-state index in [4.69, 9.17) is 9.47 Å². The van der Waals surface area contributed by atoms with Gasteiger partial charge in [0.05, 0.1) is 13.2 Å². The van der Waals surface area contributed by atoms with Gasteiger partial charge in [0.25, 0.3) is 0 Å². The summed E-state index contributed by atoms with van der Waals surface area (Å²) in [6.07, 6.45) is 3.55. The summed E-state index contributed by atoms with van der Waals surface area (Å²) < 4.78 is 13.2. The van der Waals surface area contributed by atoms with Crippen LogP contribution in [0.4, 0.5) is 0 Å². The average molecular weight is 343 g/mol. The first-order valence-corrected chi connectivity index (χ1v) is 8.51. The van der Waals surface area contributed by atoms with Crippen molar-refractivity contribution in [2.45, 2.75) is 44.8 Å². The molecule has 1 aromatic carbocycles. The molecule has 1 aliphatic heterocycles. The number of benzene rings is 1. The molecule has 134 valence electrons. The van der Waals surface area contributed by atoms with Gasteiger partial charge in [0.1, 0.15) is 17.1 Å². The van der Waals surface area contributed by atoms with Gasteiger partial charge in [0.15, 0.2) is 0 Å². The summed E-state index contributed by atoms with van der Waals surface area (Å²) in [7, 11) is 3.52. The predicted molar refractivity (Wildman–Crippen MR) is 94.7 cm³/mol. The minimum absolute atomic E-state index is 0.0256. The quantitative estimate of drug-likeness (QED) is 0.907. The van der Waals surface area contributed by atoms with E-state index in [1.54, 1.807) is 18.0 Å². The van der Waals surface area contributed by atoms with Crippen molar-refractivity contribution in [1.29, 1.82) is 0 Å². The van der Waals surface area contributed by atoms with Crippen molar-refractivity contribution >= 4 is 5.91 Å². The van der Waals surface area contributed by atoms with Gasteiger partial charge in [0.2, 0.25) is 5.91 Å². The smallest absolute Gasteiger partial charge is 0.220 e. The SMILES string of the molecule is COc1ccc2c(c1)C(NC(=O)CCc1ccnn1C)CC(C)(C)O2. The van der Waals surface area contributed by atoms with E-state index in [9.17, 15) is 4.79 Å². The summed E-state index contributed by atoms with van der Waals surface area (Å²) in [4.78, 5) is 12.5. The lowest BCUT2D eigenvalue weighted by atomic mass is 9.89. The zero-order chi connectivity index (χ0) is 18.0. The summed E-state index contributed by atoms with van der Waals surface area (Å²) in [5.74, 6) is 1.59. The molecule has 0 bridgehead atoms. The van der Waals surface area contributed by atoms with E-state index in [0.717, 1.165) is 22.8 Å². The topological polar surface area (TPSA) is 65.4 Å². The molecule has 1 N–H and O–H groups in total. The van der Waals surface area contributed by atoms with Crippen molar-refractivity contribution in [3.8, 4) is 11.5 Å². The number of fused-ring (bicyclic) bond motifs is 1. The van der Waals surface area contributed by atoms with Crippen molar-refractivity contribution in [3.63, 3.8) is 0 Å². The number of rotatable bonds is 5. The average Bonchev–Trinajstić information content (AvgIpc) is 2.97. The third-order valence-corrected chi connectivity index (χ3v) is 4.54. The number of nitrogens with zero attached hydrogens (tertiary/aromatic N) is 2. The molecule has 1 atom stereocenters. The summed E-state index contributed by atoms with van der Waals surface area (Å²) >= 11 is 0. The Balaban J connectivity index is 1.72. The molecule has 1 aliphatic rings. The van der Waals surface area contributed by atoms with Crippen LogP contribution in [-0.2, 0) is 18.3 Å². The molecular formula is C19H25N3O3. The molecule has 0 saturated carbocycles. The first kappa shape index (κ1) is 17.3. The molecule has 2 aromatic rings. The van der Waals surface area contributed by atoms with Crippen LogP contribution < -0.4 is 14.8 Å². The molecule has 0 fully saturated rings. The fraction of sp³-hybridized carbons (Fsp3) is 0.474. The predicted octanol–water partition coefficient (Wildman–Crippen LogP) is 2.78. The number of carbonyl (C=O) groups is 1. The Kier molecular flexibility index (Phi) is 4.70. The molecule has 25 heavy (non-hydrogen) atoms. The minimum Gasteiger partial charge on any atom is -0.497 e. The van der Waals surface area contributed by atoms with Crippen molar-refractivity contribution in [2.75, 3.05) is 7.11 Å². The minimum atomic E-state index is -0.332. The number of nitrogens with one attached hydrogen (secondary N) is 1. The zero-order valence-electron chi connectivity index (χ0n) is 15.2. The Bertz CT molecular complexity index is 767. The van der Waals surface area contributed by atoms with Crippen LogP contribution in [0.5, 0.6) is 11.5 Å². The number of methoxy groups -OCH3 is 1.